The molecule has 1 amide bonds. The van der Waals surface area contributed by atoms with Gasteiger partial charge in [0.2, 0.25) is 0 Å². The highest BCUT2D eigenvalue weighted by atomic mass is 16.5. The maximum atomic E-state index is 13.1. The van der Waals surface area contributed by atoms with E-state index in [2.05, 4.69) is 10.1 Å². The van der Waals surface area contributed by atoms with Crippen molar-refractivity contribution in [3.63, 3.8) is 0 Å². The molecular weight excluding hydrogens is 332 g/mol. The number of ether oxygens (including phenoxy) is 1. The second-order valence-electron chi connectivity index (χ2n) is 7.10. The summed E-state index contributed by atoms with van der Waals surface area (Å²) in [4.78, 5) is 30.1. The van der Waals surface area contributed by atoms with Crippen LogP contribution in [0.2, 0.25) is 0 Å². The van der Waals surface area contributed by atoms with Gasteiger partial charge in [0.15, 0.2) is 5.69 Å². The van der Waals surface area contributed by atoms with Gasteiger partial charge >= 0.3 is 5.97 Å². The zero-order chi connectivity index (χ0) is 18.3. The third-order valence-corrected chi connectivity index (χ3v) is 5.26. The number of aromatic amines is 1. The number of rotatable bonds is 3. The molecule has 0 spiro atoms. The van der Waals surface area contributed by atoms with Crippen molar-refractivity contribution in [3.05, 3.63) is 40.5 Å². The first-order valence-corrected chi connectivity index (χ1v) is 9.32. The molecule has 138 valence electrons. The van der Waals surface area contributed by atoms with Crippen molar-refractivity contribution in [2.45, 2.75) is 58.7 Å². The average molecular weight is 356 g/mol. The molecule has 2 aliphatic rings. The Balaban J connectivity index is 1.56. The fourth-order valence-corrected chi connectivity index (χ4v) is 3.87. The van der Waals surface area contributed by atoms with Crippen LogP contribution >= 0.6 is 0 Å². The molecule has 7 heteroatoms. The summed E-state index contributed by atoms with van der Waals surface area (Å²) in [5, 5.41) is 4.34. The highest BCUT2D eigenvalue weighted by molar-refractivity contribution is 5.93. The van der Waals surface area contributed by atoms with Crippen LogP contribution < -0.4 is 0 Å². The Labute approximate surface area is 152 Å². The highest BCUT2D eigenvalue weighted by Gasteiger charge is 2.31. The number of hydrogen-bond acceptors (Lipinski definition) is 4. The first-order chi connectivity index (χ1) is 12.6. The molecule has 1 aliphatic heterocycles. The Hall–Kier alpha value is -2.57. The zero-order valence-electron chi connectivity index (χ0n) is 15.2. The van der Waals surface area contributed by atoms with Gasteiger partial charge in [-0.1, -0.05) is 0 Å². The van der Waals surface area contributed by atoms with Crippen molar-refractivity contribution >= 4 is 11.9 Å². The van der Waals surface area contributed by atoms with Crippen molar-refractivity contribution in [1.29, 1.82) is 0 Å². The minimum Gasteiger partial charge on any atom is -0.461 e. The van der Waals surface area contributed by atoms with E-state index in [-0.39, 0.29) is 11.9 Å². The number of carbonyl (C=O) groups excluding carboxylic acids is 2. The Kier molecular flexibility index (Phi) is 4.30. The van der Waals surface area contributed by atoms with E-state index in [1.165, 1.54) is 24.1 Å². The van der Waals surface area contributed by atoms with Gasteiger partial charge in [-0.2, -0.15) is 5.10 Å². The van der Waals surface area contributed by atoms with E-state index in [0.717, 1.165) is 18.5 Å². The molecule has 0 saturated heterocycles. The predicted molar refractivity (Wildman–Crippen MR) is 95.0 cm³/mol. The summed E-state index contributed by atoms with van der Waals surface area (Å²) in [6.07, 6.45) is 4.43. The molecule has 26 heavy (non-hydrogen) atoms. The summed E-state index contributed by atoms with van der Waals surface area (Å²) < 4.78 is 6.83. The summed E-state index contributed by atoms with van der Waals surface area (Å²) in [5.41, 5.74) is 4.31. The van der Waals surface area contributed by atoms with E-state index in [4.69, 9.17) is 4.74 Å². The number of nitrogens with one attached hydrogen (secondary N) is 1. The third kappa shape index (κ3) is 2.91. The fourth-order valence-electron chi connectivity index (χ4n) is 3.87. The number of aromatic nitrogens is 3. The molecule has 2 aromatic rings. The summed E-state index contributed by atoms with van der Waals surface area (Å²) in [6.45, 7) is 5.11. The van der Waals surface area contributed by atoms with Crippen LogP contribution in [0.4, 0.5) is 0 Å². The predicted octanol–water partition coefficient (Wildman–Crippen LogP) is 2.31. The molecular formula is C19H24N4O3. The van der Waals surface area contributed by atoms with Crippen LogP contribution in [0, 0.1) is 0 Å². The molecule has 2 aromatic heterocycles. The standard InChI is InChI=1S/C19H24N4O3/c1-3-26-19(25)17-9-14-11-22(12(2)10-23(14)21-17)18(24)16-8-13-6-4-5-7-15(13)20-16/h8-9,12,20H,3-7,10-11H2,1-2H3. The lowest BCUT2D eigenvalue weighted by Gasteiger charge is -2.33. The van der Waals surface area contributed by atoms with E-state index in [9.17, 15) is 9.59 Å². The second kappa shape index (κ2) is 6.63. The van der Waals surface area contributed by atoms with Crippen LogP contribution in [-0.2, 0) is 30.7 Å². The minimum atomic E-state index is -0.419. The van der Waals surface area contributed by atoms with Crippen LogP contribution in [0.15, 0.2) is 12.1 Å². The number of nitrogens with zero attached hydrogens (tertiary/aromatic N) is 3. The van der Waals surface area contributed by atoms with Crippen molar-refractivity contribution in [2.75, 3.05) is 6.61 Å². The lowest BCUT2D eigenvalue weighted by atomic mass is 9.98. The van der Waals surface area contributed by atoms with Crippen molar-refractivity contribution in [1.82, 2.24) is 19.7 Å². The van der Waals surface area contributed by atoms with Crippen LogP contribution in [0.3, 0.4) is 0 Å². The van der Waals surface area contributed by atoms with Crippen LogP contribution in [0.5, 0.6) is 0 Å². The first-order valence-electron chi connectivity index (χ1n) is 9.32. The monoisotopic (exact) mass is 356 g/mol. The highest BCUT2D eigenvalue weighted by Crippen LogP contribution is 2.25. The van der Waals surface area contributed by atoms with Gasteiger partial charge in [-0.25, -0.2) is 4.79 Å². The number of fused-ring (bicyclic) bond motifs is 2. The van der Waals surface area contributed by atoms with Gasteiger partial charge in [-0.15, -0.1) is 0 Å². The molecule has 1 atom stereocenters. The minimum absolute atomic E-state index is 0.00488. The molecule has 0 aromatic carbocycles. The summed E-state index contributed by atoms with van der Waals surface area (Å²) in [6, 6.07) is 3.74. The van der Waals surface area contributed by atoms with Gasteiger partial charge < -0.3 is 14.6 Å². The Morgan fingerprint density at radius 1 is 1.31 bits per heavy atom. The molecule has 0 bridgehead atoms. The molecule has 0 saturated carbocycles. The number of H-pyrrole nitrogens is 1. The van der Waals surface area contributed by atoms with Crippen molar-refractivity contribution < 1.29 is 14.3 Å². The zero-order valence-corrected chi connectivity index (χ0v) is 15.2. The van der Waals surface area contributed by atoms with Crippen molar-refractivity contribution in [3.8, 4) is 0 Å². The lowest BCUT2D eigenvalue weighted by molar-refractivity contribution is 0.0514. The van der Waals surface area contributed by atoms with Gasteiger partial charge in [0, 0.05) is 11.7 Å². The molecule has 1 aliphatic carbocycles. The van der Waals surface area contributed by atoms with Crippen molar-refractivity contribution in [2.24, 2.45) is 0 Å². The lowest BCUT2D eigenvalue weighted by Crippen LogP contribution is -2.45. The molecule has 0 radical (unpaired) electrons. The first kappa shape index (κ1) is 16.9. The summed E-state index contributed by atoms with van der Waals surface area (Å²) in [7, 11) is 0. The average Bonchev–Trinajstić information content (AvgIpc) is 3.24. The van der Waals surface area contributed by atoms with E-state index in [1.54, 1.807) is 17.7 Å². The number of hydrogen-bond donors (Lipinski definition) is 1. The topological polar surface area (TPSA) is 80.2 Å². The van der Waals surface area contributed by atoms with Crippen LogP contribution in [0.1, 0.15) is 64.6 Å². The van der Waals surface area contributed by atoms with E-state index >= 15 is 0 Å². The fraction of sp³-hybridized carbons (Fsp3) is 0.526. The molecule has 7 nitrogen and oxygen atoms in total. The van der Waals surface area contributed by atoms with E-state index in [1.807, 2.05) is 17.9 Å². The molecule has 1 unspecified atom stereocenters. The Bertz CT molecular complexity index is 828. The number of esters is 1. The quantitative estimate of drug-likeness (QED) is 0.856. The van der Waals surface area contributed by atoms with Gasteiger partial charge in [0.1, 0.15) is 5.69 Å². The molecule has 0 fully saturated rings. The molecule has 3 heterocycles. The Morgan fingerprint density at radius 3 is 2.88 bits per heavy atom. The SMILES string of the molecule is CCOC(=O)c1cc2n(n1)CC(C)N(C(=O)c1cc3c([nH]1)CCCC3)C2. The molecule has 1 N–H and O–H groups in total. The summed E-state index contributed by atoms with van der Waals surface area (Å²) >= 11 is 0. The van der Waals surface area contributed by atoms with Crippen LogP contribution in [0.25, 0.3) is 0 Å². The third-order valence-electron chi connectivity index (χ3n) is 5.26. The maximum absolute atomic E-state index is 13.1. The number of amides is 1. The van der Waals surface area contributed by atoms with Gasteiger partial charge in [0.05, 0.1) is 25.4 Å². The van der Waals surface area contributed by atoms with Gasteiger partial charge in [-0.05, 0) is 57.2 Å². The second-order valence-corrected chi connectivity index (χ2v) is 7.10. The molecule has 4 rings (SSSR count). The smallest absolute Gasteiger partial charge is 0.358 e. The largest absolute Gasteiger partial charge is 0.461 e. The van der Waals surface area contributed by atoms with Crippen LogP contribution in [-0.4, -0.2) is 44.2 Å². The van der Waals surface area contributed by atoms with Gasteiger partial charge in [-0.3, -0.25) is 9.48 Å². The summed E-state index contributed by atoms with van der Waals surface area (Å²) in [5.74, 6) is -0.408. The maximum Gasteiger partial charge on any atom is 0.358 e. The number of aryl methyl sites for hydroxylation is 2. The number of carbonyl (C=O) groups is 2. The normalized spacial score (nSPS) is 19.0. The van der Waals surface area contributed by atoms with E-state index < -0.39 is 5.97 Å². The van der Waals surface area contributed by atoms with Gasteiger partial charge in [0.25, 0.3) is 5.91 Å². The Morgan fingerprint density at radius 2 is 2.12 bits per heavy atom. The van der Waals surface area contributed by atoms with E-state index in [0.29, 0.717) is 31.1 Å².